The first kappa shape index (κ1) is 12.4. The predicted octanol–water partition coefficient (Wildman–Crippen LogP) is 3.81. The molecular weight excluding hydrogens is 302 g/mol. The van der Waals surface area contributed by atoms with Crippen LogP contribution in [0.25, 0.3) is 16.7 Å². The summed E-state index contributed by atoms with van der Waals surface area (Å²) in [5, 5.41) is 0. The molecule has 0 saturated carbocycles. The van der Waals surface area contributed by atoms with Gasteiger partial charge in [-0.15, -0.1) is 0 Å². The normalized spacial score (nSPS) is 12.8. The van der Waals surface area contributed by atoms with Gasteiger partial charge in [0.05, 0.1) is 16.7 Å². The predicted molar refractivity (Wildman–Crippen MR) is 81.4 cm³/mol. The standard InChI is InChI=1S/C15H14BrN3/c1-10(17)12-8-11(16)6-7-14(12)19-9-18-13-4-2-3-5-15(13)19/h2-10H,17H2,1H3. The molecule has 3 aromatic rings. The van der Waals surface area contributed by atoms with Crippen LogP contribution in [0.3, 0.4) is 0 Å². The minimum atomic E-state index is -0.0336. The molecule has 3 rings (SSSR count). The average molecular weight is 316 g/mol. The Kier molecular flexibility index (Phi) is 3.12. The van der Waals surface area contributed by atoms with Crippen molar-refractivity contribution >= 4 is 27.0 Å². The Morgan fingerprint density at radius 2 is 2.00 bits per heavy atom. The summed E-state index contributed by atoms with van der Waals surface area (Å²) in [4.78, 5) is 4.43. The molecule has 0 fully saturated rings. The lowest BCUT2D eigenvalue weighted by Gasteiger charge is -2.14. The summed E-state index contributed by atoms with van der Waals surface area (Å²) in [5.41, 5.74) is 10.3. The summed E-state index contributed by atoms with van der Waals surface area (Å²) < 4.78 is 3.12. The number of rotatable bonds is 2. The Balaban J connectivity index is 2.27. The maximum Gasteiger partial charge on any atom is 0.100 e. The summed E-state index contributed by atoms with van der Waals surface area (Å²) in [6.45, 7) is 1.99. The molecule has 96 valence electrons. The number of nitrogens with zero attached hydrogens (tertiary/aromatic N) is 2. The fourth-order valence-corrected chi connectivity index (χ4v) is 2.64. The number of hydrogen-bond donors (Lipinski definition) is 1. The van der Waals surface area contributed by atoms with Crippen molar-refractivity contribution in [1.82, 2.24) is 9.55 Å². The van der Waals surface area contributed by atoms with E-state index in [9.17, 15) is 0 Å². The summed E-state index contributed by atoms with van der Waals surface area (Å²) in [5.74, 6) is 0. The Hall–Kier alpha value is -1.65. The topological polar surface area (TPSA) is 43.8 Å². The van der Waals surface area contributed by atoms with Crippen LogP contribution in [-0.2, 0) is 0 Å². The molecule has 0 aliphatic heterocycles. The highest BCUT2D eigenvalue weighted by atomic mass is 79.9. The van der Waals surface area contributed by atoms with Gasteiger partial charge in [0.25, 0.3) is 0 Å². The Bertz CT molecular complexity index is 731. The lowest BCUT2D eigenvalue weighted by molar-refractivity contribution is 0.805. The monoisotopic (exact) mass is 315 g/mol. The highest BCUT2D eigenvalue weighted by Gasteiger charge is 2.11. The second-order valence-electron chi connectivity index (χ2n) is 4.60. The molecule has 2 aromatic carbocycles. The molecule has 2 N–H and O–H groups in total. The van der Waals surface area contributed by atoms with E-state index < -0.39 is 0 Å². The fourth-order valence-electron chi connectivity index (χ4n) is 2.26. The van der Waals surface area contributed by atoms with E-state index in [1.54, 1.807) is 0 Å². The molecule has 19 heavy (non-hydrogen) atoms. The van der Waals surface area contributed by atoms with Crippen molar-refractivity contribution in [3.8, 4) is 5.69 Å². The van der Waals surface area contributed by atoms with Crippen LogP contribution in [0.2, 0.25) is 0 Å². The van der Waals surface area contributed by atoms with Gasteiger partial charge in [-0.05, 0) is 42.8 Å². The van der Waals surface area contributed by atoms with Crippen LogP contribution < -0.4 is 5.73 Å². The van der Waals surface area contributed by atoms with Gasteiger partial charge in [-0.2, -0.15) is 0 Å². The van der Waals surface area contributed by atoms with E-state index in [-0.39, 0.29) is 6.04 Å². The second kappa shape index (κ2) is 4.79. The largest absolute Gasteiger partial charge is 0.324 e. The molecule has 0 saturated heterocycles. The maximum absolute atomic E-state index is 6.08. The molecule has 0 aliphatic rings. The van der Waals surface area contributed by atoms with E-state index >= 15 is 0 Å². The van der Waals surface area contributed by atoms with Crippen LogP contribution in [0, 0.1) is 0 Å². The van der Waals surface area contributed by atoms with Crippen LogP contribution in [-0.4, -0.2) is 9.55 Å². The van der Waals surface area contributed by atoms with E-state index in [1.807, 2.05) is 37.5 Å². The molecule has 0 radical (unpaired) electrons. The molecule has 4 heteroatoms. The first-order valence-corrected chi connectivity index (χ1v) is 6.93. The minimum Gasteiger partial charge on any atom is -0.324 e. The van der Waals surface area contributed by atoms with E-state index in [4.69, 9.17) is 5.73 Å². The van der Waals surface area contributed by atoms with E-state index in [2.05, 4.69) is 43.7 Å². The lowest BCUT2D eigenvalue weighted by Crippen LogP contribution is -2.09. The fraction of sp³-hybridized carbons (Fsp3) is 0.133. The second-order valence-corrected chi connectivity index (χ2v) is 5.51. The van der Waals surface area contributed by atoms with Gasteiger partial charge in [-0.3, -0.25) is 4.57 Å². The first-order chi connectivity index (χ1) is 9.16. The third-order valence-corrected chi connectivity index (χ3v) is 3.69. The molecule has 0 spiro atoms. The number of halogens is 1. The number of nitrogens with two attached hydrogens (primary N) is 1. The van der Waals surface area contributed by atoms with Gasteiger partial charge < -0.3 is 5.73 Å². The number of para-hydroxylation sites is 2. The van der Waals surface area contributed by atoms with E-state index in [0.717, 1.165) is 26.8 Å². The van der Waals surface area contributed by atoms with Crippen molar-refractivity contribution < 1.29 is 0 Å². The van der Waals surface area contributed by atoms with E-state index in [1.165, 1.54) is 0 Å². The van der Waals surface area contributed by atoms with Gasteiger partial charge in [0.2, 0.25) is 0 Å². The van der Waals surface area contributed by atoms with Gasteiger partial charge in [0.1, 0.15) is 6.33 Å². The molecule has 1 heterocycles. The number of benzene rings is 2. The third kappa shape index (κ3) is 2.17. The zero-order valence-electron chi connectivity index (χ0n) is 10.5. The lowest BCUT2D eigenvalue weighted by atomic mass is 10.1. The highest BCUT2D eigenvalue weighted by molar-refractivity contribution is 9.10. The molecule has 3 nitrogen and oxygen atoms in total. The molecule has 0 aliphatic carbocycles. The van der Waals surface area contributed by atoms with Crippen LogP contribution in [0.15, 0.2) is 53.3 Å². The number of fused-ring (bicyclic) bond motifs is 1. The zero-order valence-corrected chi connectivity index (χ0v) is 12.1. The third-order valence-electron chi connectivity index (χ3n) is 3.19. The zero-order chi connectivity index (χ0) is 13.4. The first-order valence-electron chi connectivity index (χ1n) is 6.14. The molecule has 0 bridgehead atoms. The Morgan fingerprint density at radius 3 is 2.79 bits per heavy atom. The smallest absolute Gasteiger partial charge is 0.100 e. The van der Waals surface area contributed by atoms with Gasteiger partial charge in [0, 0.05) is 10.5 Å². The highest BCUT2D eigenvalue weighted by Crippen LogP contribution is 2.27. The number of hydrogen-bond acceptors (Lipinski definition) is 2. The maximum atomic E-state index is 6.08. The van der Waals surface area contributed by atoms with Crippen LogP contribution in [0.5, 0.6) is 0 Å². The van der Waals surface area contributed by atoms with Gasteiger partial charge >= 0.3 is 0 Å². The molecular formula is C15H14BrN3. The molecule has 0 amide bonds. The van der Waals surface area contributed by atoms with Crippen molar-refractivity contribution in [3.63, 3.8) is 0 Å². The number of aromatic nitrogens is 2. The molecule has 1 atom stereocenters. The van der Waals surface area contributed by atoms with Crippen molar-refractivity contribution in [2.24, 2.45) is 5.73 Å². The Labute approximate surface area is 120 Å². The van der Waals surface area contributed by atoms with Gasteiger partial charge in [-0.1, -0.05) is 28.1 Å². The molecule has 1 aromatic heterocycles. The SMILES string of the molecule is CC(N)c1cc(Br)ccc1-n1cnc2ccccc21. The minimum absolute atomic E-state index is 0.0336. The van der Waals surface area contributed by atoms with Crippen molar-refractivity contribution in [2.45, 2.75) is 13.0 Å². The van der Waals surface area contributed by atoms with Gasteiger partial charge in [-0.25, -0.2) is 4.98 Å². The summed E-state index contributed by atoms with van der Waals surface area (Å²) in [6.07, 6.45) is 1.85. The molecule has 1 unspecified atom stereocenters. The number of imidazole rings is 1. The Morgan fingerprint density at radius 1 is 1.21 bits per heavy atom. The van der Waals surface area contributed by atoms with E-state index in [0.29, 0.717) is 0 Å². The van der Waals surface area contributed by atoms with Crippen molar-refractivity contribution in [2.75, 3.05) is 0 Å². The summed E-state index contributed by atoms with van der Waals surface area (Å²) in [7, 11) is 0. The summed E-state index contributed by atoms with van der Waals surface area (Å²) >= 11 is 3.50. The van der Waals surface area contributed by atoms with Crippen LogP contribution >= 0.6 is 15.9 Å². The average Bonchev–Trinajstić information content (AvgIpc) is 2.82. The van der Waals surface area contributed by atoms with Crippen LogP contribution in [0.1, 0.15) is 18.5 Å². The van der Waals surface area contributed by atoms with Crippen molar-refractivity contribution in [3.05, 3.63) is 58.8 Å². The summed E-state index contributed by atoms with van der Waals surface area (Å²) in [6, 6.07) is 14.2. The van der Waals surface area contributed by atoms with Crippen LogP contribution in [0.4, 0.5) is 0 Å². The van der Waals surface area contributed by atoms with Crippen molar-refractivity contribution in [1.29, 1.82) is 0 Å². The van der Waals surface area contributed by atoms with Gasteiger partial charge in [0.15, 0.2) is 0 Å². The quantitative estimate of drug-likeness (QED) is 0.781.